The summed E-state index contributed by atoms with van der Waals surface area (Å²) in [6.07, 6.45) is 2.77. The van der Waals surface area contributed by atoms with E-state index in [1.54, 1.807) is 29.3 Å². The number of hydrogen-bond donors (Lipinski definition) is 0. The van der Waals surface area contributed by atoms with Crippen LogP contribution in [0.1, 0.15) is 16.3 Å². The van der Waals surface area contributed by atoms with Crippen molar-refractivity contribution in [1.82, 2.24) is 24.5 Å². The van der Waals surface area contributed by atoms with Crippen LogP contribution in [0.5, 0.6) is 11.5 Å². The second-order valence-electron chi connectivity index (χ2n) is 6.68. The lowest BCUT2D eigenvalue weighted by atomic mass is 10.1. The zero-order valence-electron chi connectivity index (χ0n) is 15.2. The van der Waals surface area contributed by atoms with Crippen LogP contribution < -0.4 is 9.47 Å². The van der Waals surface area contributed by atoms with Crippen LogP contribution >= 0.6 is 11.3 Å². The van der Waals surface area contributed by atoms with Gasteiger partial charge in [-0.2, -0.15) is 0 Å². The van der Waals surface area contributed by atoms with Crippen molar-refractivity contribution in [3.05, 3.63) is 46.9 Å². The second kappa shape index (κ2) is 6.47. The topological polar surface area (TPSA) is 64.8 Å². The fourth-order valence-electron chi connectivity index (χ4n) is 3.44. The Kier molecular flexibility index (Phi) is 3.95. The summed E-state index contributed by atoms with van der Waals surface area (Å²) in [5.41, 5.74) is 2.25. The maximum atomic E-state index is 5.82. The number of rotatable bonds is 4. The monoisotopic (exact) mass is 381 g/mol. The van der Waals surface area contributed by atoms with Crippen LogP contribution in [0.3, 0.4) is 0 Å². The summed E-state index contributed by atoms with van der Waals surface area (Å²) in [5, 5.41) is 5.69. The maximum Gasteiger partial charge on any atom is 0.189 e. The molecule has 1 aliphatic heterocycles. The summed E-state index contributed by atoms with van der Waals surface area (Å²) >= 11 is 1.76. The van der Waals surface area contributed by atoms with Gasteiger partial charge in [-0.1, -0.05) is 0 Å². The maximum absolute atomic E-state index is 5.82. The average molecular weight is 381 g/mol. The lowest BCUT2D eigenvalue weighted by Crippen LogP contribution is -2.25. The summed E-state index contributed by atoms with van der Waals surface area (Å²) in [4.78, 5) is 14.1. The molecule has 0 bridgehead atoms. The minimum absolute atomic E-state index is 0.310. The van der Waals surface area contributed by atoms with E-state index in [0.29, 0.717) is 12.4 Å². The van der Waals surface area contributed by atoms with Gasteiger partial charge in [0, 0.05) is 18.0 Å². The molecule has 138 valence electrons. The van der Waals surface area contributed by atoms with Crippen molar-refractivity contribution in [2.45, 2.75) is 19.6 Å². The fraction of sp³-hybridized carbons (Fsp3) is 0.316. The van der Waals surface area contributed by atoms with Crippen LogP contribution in [-0.2, 0) is 19.6 Å². The zero-order valence-corrected chi connectivity index (χ0v) is 16.0. The quantitative estimate of drug-likeness (QED) is 0.542. The van der Waals surface area contributed by atoms with Crippen molar-refractivity contribution in [2.24, 2.45) is 0 Å². The molecule has 0 spiro atoms. The summed E-state index contributed by atoms with van der Waals surface area (Å²) < 4.78 is 12.8. The summed E-state index contributed by atoms with van der Waals surface area (Å²) in [7, 11) is 3.80. The van der Waals surface area contributed by atoms with Crippen molar-refractivity contribution in [3.63, 3.8) is 0 Å². The predicted octanol–water partition coefficient (Wildman–Crippen LogP) is 2.91. The fourth-order valence-corrected chi connectivity index (χ4v) is 4.71. The van der Waals surface area contributed by atoms with Gasteiger partial charge in [-0.3, -0.25) is 0 Å². The molecule has 3 aromatic heterocycles. The molecule has 0 saturated heterocycles. The first-order valence-corrected chi connectivity index (χ1v) is 9.63. The SMILES string of the molecule is COc1ccc(OCc2nc3c4c5c(sc4ncn3n2)CN(C)CC5)cc1. The molecule has 0 aliphatic carbocycles. The number of ether oxygens (including phenoxy) is 2. The van der Waals surface area contributed by atoms with E-state index in [1.807, 2.05) is 24.3 Å². The highest BCUT2D eigenvalue weighted by Crippen LogP contribution is 2.35. The molecule has 0 atom stereocenters. The first-order valence-electron chi connectivity index (χ1n) is 8.81. The summed E-state index contributed by atoms with van der Waals surface area (Å²) in [5.74, 6) is 2.21. The number of methoxy groups -OCH3 is 1. The molecule has 0 radical (unpaired) electrons. The molecule has 0 amide bonds. The van der Waals surface area contributed by atoms with E-state index in [0.717, 1.165) is 46.9 Å². The van der Waals surface area contributed by atoms with E-state index in [2.05, 4.69) is 22.0 Å². The van der Waals surface area contributed by atoms with Gasteiger partial charge in [-0.05, 0) is 43.3 Å². The molecular weight excluding hydrogens is 362 g/mol. The third-order valence-corrected chi connectivity index (χ3v) is 5.96. The zero-order chi connectivity index (χ0) is 18.4. The van der Waals surface area contributed by atoms with E-state index < -0.39 is 0 Å². The van der Waals surface area contributed by atoms with Gasteiger partial charge in [0.25, 0.3) is 0 Å². The molecule has 0 saturated carbocycles. The number of likely N-dealkylation sites (N-methyl/N-ethyl adjacent to an activating group) is 1. The Bertz CT molecular complexity index is 1120. The molecule has 7 nitrogen and oxygen atoms in total. The lowest BCUT2D eigenvalue weighted by molar-refractivity contribution is 0.295. The molecule has 1 aliphatic rings. The molecule has 5 rings (SSSR count). The molecule has 27 heavy (non-hydrogen) atoms. The third-order valence-electron chi connectivity index (χ3n) is 4.84. The first kappa shape index (κ1) is 16.5. The van der Waals surface area contributed by atoms with Gasteiger partial charge in [0.1, 0.15) is 29.3 Å². The van der Waals surface area contributed by atoms with Gasteiger partial charge in [-0.25, -0.2) is 14.5 Å². The Balaban J connectivity index is 1.46. The Hall–Kier alpha value is -2.71. The Morgan fingerprint density at radius 1 is 1.19 bits per heavy atom. The number of aromatic nitrogens is 4. The molecule has 4 heterocycles. The Labute approximate surface area is 160 Å². The van der Waals surface area contributed by atoms with E-state index in [1.165, 1.54) is 10.4 Å². The van der Waals surface area contributed by atoms with Crippen LogP contribution in [-0.4, -0.2) is 45.2 Å². The molecule has 1 aromatic carbocycles. The van der Waals surface area contributed by atoms with E-state index in [-0.39, 0.29) is 0 Å². The molecule has 0 unspecified atom stereocenters. The van der Waals surface area contributed by atoms with Gasteiger partial charge < -0.3 is 14.4 Å². The minimum Gasteiger partial charge on any atom is -0.497 e. The van der Waals surface area contributed by atoms with E-state index in [4.69, 9.17) is 14.5 Å². The van der Waals surface area contributed by atoms with E-state index in [9.17, 15) is 0 Å². The van der Waals surface area contributed by atoms with Crippen LogP contribution in [0, 0.1) is 0 Å². The largest absolute Gasteiger partial charge is 0.497 e. The smallest absolute Gasteiger partial charge is 0.189 e. The van der Waals surface area contributed by atoms with Crippen molar-refractivity contribution in [3.8, 4) is 11.5 Å². The number of fused-ring (bicyclic) bond motifs is 5. The standard InChI is InChI=1S/C19H19N5O2S/c1-23-8-7-14-15(9-23)27-19-17(14)18-21-16(22-24(18)11-20-19)10-26-13-5-3-12(25-2)4-6-13/h3-6,11H,7-10H2,1-2H3. The summed E-state index contributed by atoms with van der Waals surface area (Å²) in [6.45, 7) is 2.34. The van der Waals surface area contributed by atoms with Gasteiger partial charge in [0.15, 0.2) is 11.5 Å². The van der Waals surface area contributed by atoms with Gasteiger partial charge in [-0.15, -0.1) is 16.4 Å². The highest BCUT2D eigenvalue weighted by atomic mass is 32.1. The van der Waals surface area contributed by atoms with Crippen LogP contribution in [0.25, 0.3) is 15.9 Å². The lowest BCUT2D eigenvalue weighted by Gasteiger charge is -2.21. The van der Waals surface area contributed by atoms with Crippen LogP contribution in [0.4, 0.5) is 0 Å². The Morgan fingerprint density at radius 2 is 2.00 bits per heavy atom. The summed E-state index contributed by atoms with van der Waals surface area (Å²) in [6, 6.07) is 7.49. The first-order chi connectivity index (χ1) is 13.2. The predicted molar refractivity (Wildman–Crippen MR) is 104 cm³/mol. The number of benzene rings is 1. The number of hydrogen-bond acceptors (Lipinski definition) is 7. The van der Waals surface area contributed by atoms with Crippen LogP contribution in [0.15, 0.2) is 30.6 Å². The highest BCUT2D eigenvalue weighted by molar-refractivity contribution is 7.19. The molecule has 0 N–H and O–H groups in total. The van der Waals surface area contributed by atoms with Crippen LogP contribution in [0.2, 0.25) is 0 Å². The van der Waals surface area contributed by atoms with Gasteiger partial charge in [0.2, 0.25) is 0 Å². The second-order valence-corrected chi connectivity index (χ2v) is 7.76. The van der Waals surface area contributed by atoms with Crippen molar-refractivity contribution in [1.29, 1.82) is 0 Å². The minimum atomic E-state index is 0.310. The highest BCUT2D eigenvalue weighted by Gasteiger charge is 2.22. The van der Waals surface area contributed by atoms with Gasteiger partial charge in [0.05, 0.1) is 12.5 Å². The molecule has 4 aromatic rings. The average Bonchev–Trinajstić information content (AvgIpc) is 3.26. The third kappa shape index (κ3) is 2.90. The molecular formula is C19H19N5O2S. The number of thiophene rings is 1. The van der Waals surface area contributed by atoms with E-state index >= 15 is 0 Å². The molecule has 0 fully saturated rings. The normalized spacial score (nSPS) is 14.6. The van der Waals surface area contributed by atoms with Gasteiger partial charge >= 0.3 is 0 Å². The van der Waals surface area contributed by atoms with Crippen molar-refractivity contribution in [2.75, 3.05) is 20.7 Å². The Morgan fingerprint density at radius 3 is 2.81 bits per heavy atom. The number of nitrogens with zero attached hydrogens (tertiary/aromatic N) is 5. The van der Waals surface area contributed by atoms with Crippen molar-refractivity contribution < 1.29 is 9.47 Å². The molecule has 8 heteroatoms. The van der Waals surface area contributed by atoms with Crippen molar-refractivity contribution >= 4 is 27.2 Å².